The van der Waals surface area contributed by atoms with Crippen LogP contribution in [-0.2, 0) is 32.4 Å². The molecule has 0 aromatic heterocycles. The number of anilines is 1. The number of phenolic OH excluding ortho intramolecular Hbond substituents is 1. The Labute approximate surface area is 205 Å². The highest BCUT2D eigenvalue weighted by Gasteiger charge is 2.17. The van der Waals surface area contributed by atoms with Crippen molar-refractivity contribution >= 4 is 21.7 Å². The van der Waals surface area contributed by atoms with Crippen molar-refractivity contribution in [3.8, 4) is 5.75 Å². The summed E-state index contributed by atoms with van der Waals surface area (Å²) in [6.07, 6.45) is 0.895. The Morgan fingerprint density at radius 3 is 2.26 bits per heavy atom. The lowest BCUT2D eigenvalue weighted by Gasteiger charge is -2.22. The molecule has 2 atom stereocenters. The lowest BCUT2D eigenvalue weighted by molar-refractivity contribution is -0.139. The van der Waals surface area contributed by atoms with Crippen LogP contribution in [0.4, 0.5) is 5.69 Å². The lowest BCUT2D eigenvalue weighted by Crippen LogP contribution is -2.28. The number of aromatic hydroxyl groups is 1. The first-order valence-corrected chi connectivity index (χ1v) is 13.0. The lowest BCUT2D eigenvalue weighted by atomic mass is 9.97. The number of phenols is 1. The summed E-state index contributed by atoms with van der Waals surface area (Å²) in [7, 11) is -2.23. The standard InChI is InChI=1S/C26H30N2O6S/c1-34-26(31)15-19-8-10-20(11-9-19)22(14-18-6-4-3-5-7-18)27-17-25(30)21-12-13-24(29)23(16-21)28-35(2,32)33/h3-13,16,22,25,27-30H,14-15,17H2,1-2H3. The van der Waals surface area contributed by atoms with Gasteiger partial charge in [0.2, 0.25) is 10.0 Å². The van der Waals surface area contributed by atoms with Crippen molar-refractivity contribution in [3.05, 3.63) is 95.1 Å². The smallest absolute Gasteiger partial charge is 0.309 e. The summed E-state index contributed by atoms with van der Waals surface area (Å²) in [5.74, 6) is -0.535. The minimum absolute atomic E-state index is 0.00563. The number of esters is 1. The minimum atomic E-state index is -3.59. The van der Waals surface area contributed by atoms with Gasteiger partial charge in [-0.15, -0.1) is 0 Å². The van der Waals surface area contributed by atoms with E-state index in [9.17, 15) is 23.4 Å². The average Bonchev–Trinajstić information content (AvgIpc) is 2.83. The second-order valence-corrected chi connectivity index (χ2v) is 10.1. The fraction of sp³-hybridized carbons (Fsp3) is 0.269. The summed E-state index contributed by atoms with van der Waals surface area (Å²) in [6.45, 7) is 0.185. The summed E-state index contributed by atoms with van der Waals surface area (Å²) in [5.41, 5.74) is 3.40. The molecule has 0 radical (unpaired) electrons. The number of carbonyl (C=O) groups is 1. The molecule has 0 aliphatic carbocycles. The van der Waals surface area contributed by atoms with E-state index in [1.54, 1.807) is 6.07 Å². The number of hydrogen-bond acceptors (Lipinski definition) is 7. The number of hydrogen-bond donors (Lipinski definition) is 4. The maximum Gasteiger partial charge on any atom is 0.309 e. The fourth-order valence-corrected chi connectivity index (χ4v) is 4.24. The molecular formula is C26H30N2O6S. The van der Waals surface area contributed by atoms with Gasteiger partial charge in [-0.25, -0.2) is 8.42 Å². The summed E-state index contributed by atoms with van der Waals surface area (Å²) < 4.78 is 30.1. The van der Waals surface area contributed by atoms with Crippen molar-refractivity contribution in [2.45, 2.75) is 25.0 Å². The molecule has 0 saturated carbocycles. The van der Waals surface area contributed by atoms with Crippen molar-refractivity contribution < 1.29 is 28.2 Å². The first kappa shape index (κ1) is 26.2. The van der Waals surface area contributed by atoms with E-state index in [0.29, 0.717) is 12.0 Å². The third kappa shape index (κ3) is 8.10. The molecule has 9 heteroatoms. The highest BCUT2D eigenvalue weighted by atomic mass is 32.2. The predicted octanol–water partition coefficient (Wildman–Crippen LogP) is 3.09. The number of benzene rings is 3. The molecule has 0 bridgehead atoms. The second-order valence-electron chi connectivity index (χ2n) is 8.31. The summed E-state index contributed by atoms with van der Waals surface area (Å²) in [5, 5.41) is 24.1. The van der Waals surface area contributed by atoms with E-state index in [2.05, 4.69) is 10.0 Å². The zero-order valence-electron chi connectivity index (χ0n) is 19.6. The van der Waals surface area contributed by atoms with Crippen molar-refractivity contribution in [2.75, 3.05) is 24.6 Å². The highest BCUT2D eigenvalue weighted by molar-refractivity contribution is 7.92. The maximum absolute atomic E-state index is 11.6. The van der Waals surface area contributed by atoms with Gasteiger partial charge in [0.1, 0.15) is 5.75 Å². The van der Waals surface area contributed by atoms with Crippen LogP contribution in [0.15, 0.2) is 72.8 Å². The molecule has 186 valence electrons. The molecule has 0 saturated heterocycles. The van der Waals surface area contributed by atoms with E-state index in [1.165, 1.54) is 19.2 Å². The Bertz CT molecular complexity index is 1230. The molecule has 3 rings (SSSR count). The van der Waals surface area contributed by atoms with E-state index in [-0.39, 0.29) is 36.4 Å². The molecule has 0 fully saturated rings. The molecule has 0 aliphatic rings. The molecule has 8 nitrogen and oxygen atoms in total. The van der Waals surface area contributed by atoms with Crippen LogP contribution in [0, 0.1) is 0 Å². The van der Waals surface area contributed by atoms with Gasteiger partial charge in [-0.3, -0.25) is 9.52 Å². The van der Waals surface area contributed by atoms with E-state index in [4.69, 9.17) is 4.74 Å². The van der Waals surface area contributed by atoms with Crippen LogP contribution in [-0.4, -0.2) is 44.5 Å². The maximum atomic E-state index is 11.6. The third-order valence-corrected chi connectivity index (χ3v) is 6.09. The zero-order chi connectivity index (χ0) is 25.4. The van der Waals surface area contributed by atoms with Crippen molar-refractivity contribution in [3.63, 3.8) is 0 Å². The summed E-state index contributed by atoms with van der Waals surface area (Å²) in [4.78, 5) is 11.6. The van der Waals surface area contributed by atoms with Crippen molar-refractivity contribution in [1.29, 1.82) is 0 Å². The predicted molar refractivity (Wildman–Crippen MR) is 135 cm³/mol. The Morgan fingerprint density at radius 2 is 1.63 bits per heavy atom. The van der Waals surface area contributed by atoms with Gasteiger partial charge in [-0.2, -0.15) is 0 Å². The topological polar surface area (TPSA) is 125 Å². The van der Waals surface area contributed by atoms with Gasteiger partial charge >= 0.3 is 5.97 Å². The van der Waals surface area contributed by atoms with Crippen molar-refractivity contribution in [2.24, 2.45) is 0 Å². The third-order valence-electron chi connectivity index (χ3n) is 5.50. The average molecular weight is 499 g/mol. The normalized spacial score (nSPS) is 13.1. The number of nitrogens with one attached hydrogen (secondary N) is 2. The van der Waals surface area contributed by atoms with Crippen LogP contribution in [0.3, 0.4) is 0 Å². The van der Waals surface area contributed by atoms with Gasteiger partial charge in [-0.1, -0.05) is 60.7 Å². The number of aliphatic hydroxyl groups is 1. The van der Waals surface area contributed by atoms with Crippen LogP contribution in [0.1, 0.15) is 34.4 Å². The fourth-order valence-electron chi connectivity index (χ4n) is 3.68. The molecule has 0 aliphatic heterocycles. The molecule has 0 amide bonds. The summed E-state index contributed by atoms with van der Waals surface area (Å²) >= 11 is 0. The van der Waals surface area contributed by atoms with Gasteiger partial charge in [0.25, 0.3) is 0 Å². The molecule has 3 aromatic carbocycles. The number of aliphatic hydroxyl groups excluding tert-OH is 1. The number of methoxy groups -OCH3 is 1. The molecule has 2 unspecified atom stereocenters. The van der Waals surface area contributed by atoms with E-state index in [1.807, 2.05) is 54.6 Å². The SMILES string of the molecule is COC(=O)Cc1ccc(C(Cc2ccccc2)NCC(O)c2ccc(O)c(NS(C)(=O)=O)c2)cc1. The monoisotopic (exact) mass is 498 g/mol. The largest absolute Gasteiger partial charge is 0.506 e. The van der Waals surface area contributed by atoms with Crippen molar-refractivity contribution in [1.82, 2.24) is 5.32 Å². The Kier molecular flexibility index (Phi) is 8.86. The van der Waals surface area contributed by atoms with Crippen LogP contribution in [0.5, 0.6) is 5.75 Å². The Balaban J connectivity index is 1.76. The molecule has 35 heavy (non-hydrogen) atoms. The van der Waals surface area contributed by atoms with Crippen LogP contribution >= 0.6 is 0 Å². The molecule has 4 N–H and O–H groups in total. The number of sulfonamides is 1. The molecule has 3 aromatic rings. The second kappa shape index (κ2) is 11.8. The number of ether oxygens (including phenoxy) is 1. The minimum Gasteiger partial charge on any atom is -0.506 e. The number of rotatable bonds is 11. The Hall–Kier alpha value is -3.40. The highest BCUT2D eigenvalue weighted by Crippen LogP contribution is 2.28. The first-order chi connectivity index (χ1) is 16.6. The van der Waals surface area contributed by atoms with E-state index < -0.39 is 16.1 Å². The summed E-state index contributed by atoms with van der Waals surface area (Å²) in [6, 6.07) is 21.7. The van der Waals surface area contributed by atoms with Gasteiger partial charge in [-0.05, 0) is 40.8 Å². The van der Waals surface area contributed by atoms with Gasteiger partial charge in [0.15, 0.2) is 0 Å². The van der Waals surface area contributed by atoms with E-state index >= 15 is 0 Å². The first-order valence-electron chi connectivity index (χ1n) is 11.1. The van der Waals surface area contributed by atoms with E-state index in [0.717, 1.165) is 22.9 Å². The molecule has 0 heterocycles. The van der Waals surface area contributed by atoms with Gasteiger partial charge in [0, 0.05) is 12.6 Å². The molecule has 0 spiro atoms. The molecular weight excluding hydrogens is 468 g/mol. The van der Waals surface area contributed by atoms with Crippen LogP contribution in [0.2, 0.25) is 0 Å². The number of carbonyl (C=O) groups excluding carboxylic acids is 1. The van der Waals surface area contributed by atoms with Gasteiger partial charge in [0.05, 0.1) is 31.6 Å². The van der Waals surface area contributed by atoms with Crippen LogP contribution < -0.4 is 10.0 Å². The van der Waals surface area contributed by atoms with Gasteiger partial charge < -0.3 is 20.3 Å². The quantitative estimate of drug-likeness (QED) is 0.236. The zero-order valence-corrected chi connectivity index (χ0v) is 20.5. The van der Waals surface area contributed by atoms with Crippen LogP contribution in [0.25, 0.3) is 0 Å². The Morgan fingerprint density at radius 1 is 0.971 bits per heavy atom.